The highest BCUT2D eigenvalue weighted by atomic mass is 32.2. The Balaban J connectivity index is 1.42. The van der Waals surface area contributed by atoms with Crippen LogP contribution in [0.15, 0.2) is 47.4 Å². The topological polar surface area (TPSA) is 84.5 Å². The van der Waals surface area contributed by atoms with Gasteiger partial charge in [-0.2, -0.15) is 0 Å². The molecule has 1 amide bonds. The maximum Gasteiger partial charge on any atom is 0.257 e. The molecule has 2 aromatic rings. The first-order valence-electron chi connectivity index (χ1n) is 10.4. The van der Waals surface area contributed by atoms with Crippen molar-refractivity contribution in [2.75, 3.05) is 13.2 Å². The molecule has 162 valence electrons. The summed E-state index contributed by atoms with van der Waals surface area (Å²) >= 11 is 0. The van der Waals surface area contributed by atoms with Crippen molar-refractivity contribution in [3.8, 4) is 5.75 Å². The molecule has 3 rings (SSSR count). The van der Waals surface area contributed by atoms with Crippen LogP contribution < -0.4 is 14.8 Å². The van der Waals surface area contributed by atoms with Gasteiger partial charge in [0.05, 0.1) is 4.90 Å². The zero-order chi connectivity index (χ0) is 21.6. The summed E-state index contributed by atoms with van der Waals surface area (Å²) < 4.78 is 33.2. The molecule has 6 nitrogen and oxygen atoms in total. The quantitative estimate of drug-likeness (QED) is 0.640. The van der Waals surface area contributed by atoms with E-state index >= 15 is 0 Å². The van der Waals surface area contributed by atoms with Gasteiger partial charge in [-0.25, -0.2) is 13.1 Å². The molecule has 7 heteroatoms. The van der Waals surface area contributed by atoms with Crippen LogP contribution in [0.3, 0.4) is 0 Å². The molecule has 1 aliphatic rings. The summed E-state index contributed by atoms with van der Waals surface area (Å²) in [6, 6.07) is 12.6. The molecule has 2 aromatic carbocycles. The van der Waals surface area contributed by atoms with Crippen molar-refractivity contribution in [2.24, 2.45) is 0 Å². The fraction of sp³-hybridized carbons (Fsp3) is 0.435. The second kappa shape index (κ2) is 10.1. The Morgan fingerprint density at radius 3 is 2.40 bits per heavy atom. The number of ether oxygens (including phenoxy) is 1. The molecule has 0 spiro atoms. The highest BCUT2D eigenvalue weighted by molar-refractivity contribution is 7.89. The van der Waals surface area contributed by atoms with E-state index in [1.165, 1.54) is 5.56 Å². The number of aryl methyl sites for hydroxylation is 2. The number of benzene rings is 2. The lowest BCUT2D eigenvalue weighted by atomic mass is 10.1. The summed E-state index contributed by atoms with van der Waals surface area (Å²) in [6.45, 7) is 4.46. The number of nitrogens with one attached hydrogen (secondary N) is 2. The molecule has 0 aromatic heterocycles. The minimum Gasteiger partial charge on any atom is -0.484 e. The van der Waals surface area contributed by atoms with Crippen molar-refractivity contribution in [1.29, 1.82) is 0 Å². The van der Waals surface area contributed by atoms with E-state index < -0.39 is 10.0 Å². The van der Waals surface area contributed by atoms with Gasteiger partial charge in [0.15, 0.2) is 6.61 Å². The lowest BCUT2D eigenvalue weighted by Gasteiger charge is -2.13. The molecule has 0 unspecified atom stereocenters. The highest BCUT2D eigenvalue weighted by Gasteiger charge is 2.22. The summed E-state index contributed by atoms with van der Waals surface area (Å²) in [6.07, 6.45) is 4.58. The molecule has 0 radical (unpaired) electrons. The van der Waals surface area contributed by atoms with E-state index in [1.54, 1.807) is 24.3 Å². The fourth-order valence-corrected chi connectivity index (χ4v) is 4.82. The molecule has 30 heavy (non-hydrogen) atoms. The minimum atomic E-state index is -3.47. The summed E-state index contributed by atoms with van der Waals surface area (Å²) in [5.41, 5.74) is 3.27. The Hall–Kier alpha value is -2.38. The maximum absolute atomic E-state index is 12.4. The summed E-state index contributed by atoms with van der Waals surface area (Å²) in [7, 11) is -3.47. The first-order chi connectivity index (χ1) is 14.3. The van der Waals surface area contributed by atoms with Crippen molar-refractivity contribution >= 4 is 15.9 Å². The first-order valence-corrected chi connectivity index (χ1v) is 11.9. The predicted molar refractivity (Wildman–Crippen MR) is 117 cm³/mol. The van der Waals surface area contributed by atoms with Crippen molar-refractivity contribution in [3.63, 3.8) is 0 Å². The van der Waals surface area contributed by atoms with Crippen LogP contribution in [0.2, 0.25) is 0 Å². The number of carbonyl (C=O) groups is 1. The molecule has 1 saturated carbocycles. The Labute approximate surface area is 179 Å². The van der Waals surface area contributed by atoms with Gasteiger partial charge in [-0.3, -0.25) is 4.79 Å². The molecular weight excluding hydrogens is 400 g/mol. The third-order valence-corrected chi connectivity index (χ3v) is 7.03. The Morgan fingerprint density at radius 2 is 1.73 bits per heavy atom. The number of hydrogen-bond acceptors (Lipinski definition) is 4. The number of hydrogen-bond donors (Lipinski definition) is 2. The van der Waals surface area contributed by atoms with Crippen LogP contribution in [-0.2, 0) is 21.2 Å². The molecule has 0 bridgehead atoms. The van der Waals surface area contributed by atoms with Gasteiger partial charge in [-0.15, -0.1) is 0 Å². The first kappa shape index (κ1) is 22.3. The van der Waals surface area contributed by atoms with Gasteiger partial charge in [-0.05, 0) is 74.1 Å². The largest absolute Gasteiger partial charge is 0.484 e. The van der Waals surface area contributed by atoms with Crippen LogP contribution in [0.25, 0.3) is 0 Å². The van der Waals surface area contributed by atoms with E-state index in [-0.39, 0.29) is 23.5 Å². The molecule has 0 atom stereocenters. The van der Waals surface area contributed by atoms with Crippen LogP contribution in [0, 0.1) is 13.8 Å². The van der Waals surface area contributed by atoms with Crippen molar-refractivity contribution < 1.29 is 17.9 Å². The zero-order valence-corrected chi connectivity index (χ0v) is 18.4. The number of carbonyl (C=O) groups excluding carboxylic acids is 1. The highest BCUT2D eigenvalue weighted by Crippen LogP contribution is 2.20. The molecule has 0 aliphatic heterocycles. The third-order valence-electron chi connectivity index (χ3n) is 5.49. The van der Waals surface area contributed by atoms with Gasteiger partial charge in [0.2, 0.25) is 10.0 Å². The second-order valence-electron chi connectivity index (χ2n) is 7.88. The molecule has 1 aliphatic carbocycles. The lowest BCUT2D eigenvalue weighted by molar-refractivity contribution is -0.123. The molecule has 0 saturated heterocycles. The predicted octanol–water partition coefficient (Wildman–Crippen LogP) is 3.26. The average molecular weight is 431 g/mol. The van der Waals surface area contributed by atoms with Crippen molar-refractivity contribution in [2.45, 2.75) is 56.9 Å². The summed E-state index contributed by atoms with van der Waals surface area (Å²) in [5, 5.41) is 2.83. The Kier molecular flexibility index (Phi) is 7.50. The summed E-state index contributed by atoms with van der Waals surface area (Å²) in [5.74, 6) is 0.490. The van der Waals surface area contributed by atoms with Gasteiger partial charge in [0.1, 0.15) is 5.75 Å². The van der Waals surface area contributed by atoms with E-state index in [2.05, 4.69) is 10.0 Å². The van der Waals surface area contributed by atoms with Gasteiger partial charge in [-0.1, -0.05) is 31.0 Å². The normalized spacial score (nSPS) is 14.6. The molecule has 0 heterocycles. The minimum absolute atomic E-state index is 0.0352. The second-order valence-corrected chi connectivity index (χ2v) is 9.60. The van der Waals surface area contributed by atoms with Crippen molar-refractivity contribution in [1.82, 2.24) is 10.0 Å². The van der Waals surface area contributed by atoms with Gasteiger partial charge in [0, 0.05) is 12.6 Å². The van der Waals surface area contributed by atoms with E-state index in [0.717, 1.165) is 36.8 Å². The lowest BCUT2D eigenvalue weighted by Crippen LogP contribution is -2.32. The maximum atomic E-state index is 12.4. The monoisotopic (exact) mass is 430 g/mol. The number of amides is 1. The third kappa shape index (κ3) is 6.31. The van der Waals surface area contributed by atoms with Gasteiger partial charge < -0.3 is 10.1 Å². The molecule has 2 N–H and O–H groups in total. The van der Waals surface area contributed by atoms with E-state index in [0.29, 0.717) is 18.7 Å². The van der Waals surface area contributed by atoms with Gasteiger partial charge >= 0.3 is 0 Å². The van der Waals surface area contributed by atoms with Crippen LogP contribution in [0.5, 0.6) is 5.75 Å². The SMILES string of the molecule is Cc1ccc(OCC(=O)NCCc2ccc(S(=O)(=O)NC3CCCC3)cc2)cc1C. The zero-order valence-electron chi connectivity index (χ0n) is 17.6. The van der Waals surface area contributed by atoms with Crippen LogP contribution in [-0.4, -0.2) is 33.5 Å². The van der Waals surface area contributed by atoms with Crippen LogP contribution in [0.1, 0.15) is 42.4 Å². The smallest absolute Gasteiger partial charge is 0.257 e. The molecular formula is C23H30N2O4S. The van der Waals surface area contributed by atoms with E-state index in [1.807, 2.05) is 32.0 Å². The van der Waals surface area contributed by atoms with Gasteiger partial charge in [0.25, 0.3) is 5.91 Å². The average Bonchev–Trinajstić information content (AvgIpc) is 3.21. The van der Waals surface area contributed by atoms with E-state index in [4.69, 9.17) is 4.74 Å². The number of sulfonamides is 1. The molecule has 1 fully saturated rings. The standard InChI is InChI=1S/C23H30N2O4S/c1-17-7-10-21(15-18(17)2)29-16-23(26)24-14-13-19-8-11-22(12-9-19)30(27,28)25-20-5-3-4-6-20/h7-12,15,20,25H,3-6,13-14,16H2,1-2H3,(H,24,26). The fourth-order valence-electron chi connectivity index (χ4n) is 3.52. The Morgan fingerprint density at radius 1 is 1.03 bits per heavy atom. The van der Waals surface area contributed by atoms with Crippen molar-refractivity contribution in [3.05, 3.63) is 59.2 Å². The Bertz CT molecular complexity index is 965. The summed E-state index contributed by atoms with van der Waals surface area (Å²) in [4.78, 5) is 12.3. The van der Waals surface area contributed by atoms with E-state index in [9.17, 15) is 13.2 Å². The number of rotatable bonds is 9. The van der Waals surface area contributed by atoms with Crippen LogP contribution in [0.4, 0.5) is 0 Å². The van der Waals surface area contributed by atoms with Crippen LogP contribution >= 0.6 is 0 Å².